The average molecular weight is 1220 g/mol. The minimum absolute atomic E-state index is 0.00391. The third-order valence-electron chi connectivity index (χ3n) is 12.5. The molecule has 3 saturated heterocycles. The molecule has 3 aliphatic rings. The molecular formula is C45H84N4O28P2S. The van der Waals surface area contributed by atoms with Crippen LogP contribution in [0, 0.1) is 0 Å². The highest BCUT2D eigenvalue weighted by molar-refractivity contribution is 8.07. The molecule has 3 aliphatic heterocycles. The summed E-state index contributed by atoms with van der Waals surface area (Å²) in [6.07, 6.45) is -10.3. The highest BCUT2D eigenvalue weighted by Gasteiger charge is 2.51. The molecule has 0 aromatic carbocycles. The fourth-order valence-electron chi connectivity index (χ4n) is 8.38. The van der Waals surface area contributed by atoms with Gasteiger partial charge >= 0.3 is 14.5 Å². The summed E-state index contributed by atoms with van der Waals surface area (Å²) in [7, 11) is -3.56. The van der Waals surface area contributed by atoms with Crippen molar-refractivity contribution in [1.29, 1.82) is 0 Å². The molecule has 35 heteroatoms. The van der Waals surface area contributed by atoms with Crippen LogP contribution < -0.4 is 16.0 Å². The van der Waals surface area contributed by atoms with Gasteiger partial charge in [-0.15, -0.1) is 0 Å². The first kappa shape index (κ1) is 72.1. The second-order valence-corrected chi connectivity index (χ2v) is 23.4. The summed E-state index contributed by atoms with van der Waals surface area (Å²) in [5.41, 5.74) is -2.90. The first-order valence-electron chi connectivity index (χ1n) is 25.8. The number of likely N-dealkylation sites (tertiary alicyclic amines) is 1. The number of ether oxygens (including phenoxy) is 10. The van der Waals surface area contributed by atoms with Gasteiger partial charge in [0.1, 0.15) is 67.6 Å². The lowest BCUT2D eigenvalue weighted by Crippen LogP contribution is -2.68. The highest BCUT2D eigenvalue weighted by atomic mass is 32.5. The Labute approximate surface area is 469 Å². The number of phosphoric acid groups is 1. The van der Waals surface area contributed by atoms with Gasteiger partial charge in [0.25, 0.3) is 5.91 Å². The van der Waals surface area contributed by atoms with Gasteiger partial charge in [-0.05, 0) is 38.5 Å². The molecule has 468 valence electrons. The Hall–Kier alpha value is -2.16. The average Bonchev–Trinajstić information content (AvgIpc) is 3.42. The van der Waals surface area contributed by atoms with E-state index < -0.39 is 156 Å². The number of amides is 4. The Morgan fingerprint density at radius 1 is 0.725 bits per heavy atom. The van der Waals surface area contributed by atoms with Crippen LogP contribution in [0.3, 0.4) is 0 Å². The number of rotatable bonds is 41. The maximum absolute atomic E-state index is 13.2. The maximum Gasteiger partial charge on any atom is 0.471 e. The summed E-state index contributed by atoms with van der Waals surface area (Å²) in [5, 5.41) is 78.3. The van der Waals surface area contributed by atoms with E-state index in [-0.39, 0.29) is 105 Å². The quantitative estimate of drug-likeness (QED) is 0.0202. The Balaban J connectivity index is 1.35. The van der Waals surface area contributed by atoms with Crippen LogP contribution in [0.4, 0.5) is 0 Å². The molecule has 32 nitrogen and oxygen atoms in total. The van der Waals surface area contributed by atoms with Gasteiger partial charge < -0.3 is 123 Å². The highest BCUT2D eigenvalue weighted by Crippen LogP contribution is 2.51. The van der Waals surface area contributed by atoms with Crippen LogP contribution >= 0.6 is 14.5 Å². The van der Waals surface area contributed by atoms with Crippen molar-refractivity contribution >= 4 is 50.0 Å². The van der Waals surface area contributed by atoms with Gasteiger partial charge in [0.15, 0.2) is 12.6 Å². The van der Waals surface area contributed by atoms with Crippen molar-refractivity contribution in [3.63, 3.8) is 0 Å². The largest absolute Gasteiger partial charge is 0.471 e. The minimum Gasteiger partial charge on any atom is -0.394 e. The van der Waals surface area contributed by atoms with Gasteiger partial charge in [-0.3, -0.25) is 28.2 Å². The van der Waals surface area contributed by atoms with Gasteiger partial charge in [0.05, 0.1) is 123 Å². The van der Waals surface area contributed by atoms with Gasteiger partial charge in [-0.25, -0.2) is 4.57 Å². The Kier molecular flexibility index (Phi) is 32.4. The lowest BCUT2D eigenvalue weighted by atomic mass is 9.90. The van der Waals surface area contributed by atoms with Gasteiger partial charge in [-0.1, -0.05) is 6.92 Å². The van der Waals surface area contributed by atoms with E-state index in [9.17, 15) is 69.3 Å². The molecule has 0 spiro atoms. The first-order chi connectivity index (χ1) is 37.7. The number of nitrogens with zero attached hydrogens (tertiary/aromatic N) is 1. The molecule has 6 unspecified atom stereocenters. The second-order valence-electron chi connectivity index (χ2n) is 19.1. The predicted molar refractivity (Wildman–Crippen MR) is 275 cm³/mol. The summed E-state index contributed by atoms with van der Waals surface area (Å²) in [5.74, 6) is -2.22. The van der Waals surface area contributed by atoms with E-state index in [1.165, 1.54) is 20.8 Å². The molecule has 0 radical (unpaired) electrons. The number of nitrogens with one attached hydrogen (secondary N) is 3. The van der Waals surface area contributed by atoms with Crippen molar-refractivity contribution in [1.82, 2.24) is 20.9 Å². The van der Waals surface area contributed by atoms with Crippen molar-refractivity contribution in [2.24, 2.45) is 0 Å². The van der Waals surface area contributed by atoms with Crippen molar-refractivity contribution in [3.8, 4) is 0 Å². The van der Waals surface area contributed by atoms with E-state index >= 15 is 0 Å². The summed E-state index contributed by atoms with van der Waals surface area (Å²) >= 11 is 5.34. The second kappa shape index (κ2) is 36.0. The standard InChI is InChI=1S/C45H84N4O28P2S/c1-7-44(4,20-30(24-73-78(61,62)64-6)48-34(54)26-69-14-12-65-8-10-67-16-18-71-42-36(46-28(2)52)40(58)38(56)32(22-50)75-42)77-79(63,80)74-25-31-21-45(5,60)49(31)35(55)27-70-15-13-66-9-11-68-17-19-72-43-37(47-29(3)53)41(59)39(57)33(23-51)76-43/h30-33,36-43,50-51,56-60H,7-27H2,1-6H3,(H,46,52)(H,47,53)(H,48,54)(H,61,62)(H,63,80)/t30?,31?,32-,33-,36-,37-,38+,39+,40-,41-,42-,43-,44?,45?,79?/m1/s1. The van der Waals surface area contributed by atoms with E-state index in [1.807, 2.05) is 0 Å². The van der Waals surface area contributed by atoms with E-state index in [1.54, 1.807) is 13.8 Å². The molecule has 0 aromatic heterocycles. The third kappa shape index (κ3) is 25.2. The monoisotopic (exact) mass is 1220 g/mol. The number of hydrogen-bond donors (Lipinski definition) is 12. The van der Waals surface area contributed by atoms with Crippen molar-refractivity contribution in [3.05, 3.63) is 0 Å². The number of carbonyl (C=O) groups is 4. The molecule has 80 heavy (non-hydrogen) atoms. The van der Waals surface area contributed by atoms with Crippen LogP contribution in [0.5, 0.6) is 0 Å². The van der Waals surface area contributed by atoms with Gasteiger partial charge in [-0.2, -0.15) is 0 Å². The zero-order chi connectivity index (χ0) is 59.7. The number of phosphoric ester groups is 1. The van der Waals surface area contributed by atoms with Crippen LogP contribution in [0.2, 0.25) is 0 Å². The van der Waals surface area contributed by atoms with Crippen LogP contribution in [0.25, 0.3) is 0 Å². The van der Waals surface area contributed by atoms with Crippen molar-refractivity contribution in [2.75, 3.05) is 126 Å². The minimum atomic E-state index is -4.52. The van der Waals surface area contributed by atoms with Crippen LogP contribution in [0.15, 0.2) is 0 Å². The third-order valence-corrected chi connectivity index (χ3v) is 15.1. The smallest absolute Gasteiger partial charge is 0.394 e. The molecule has 4 amide bonds. The fourth-order valence-corrected chi connectivity index (χ4v) is 10.7. The van der Waals surface area contributed by atoms with Crippen molar-refractivity contribution in [2.45, 2.75) is 139 Å². The number of carbonyl (C=O) groups excluding carboxylic acids is 4. The number of hydrogen-bond acceptors (Lipinski definition) is 27. The SMILES string of the molecule is CCC(C)(CC(COP(=O)(O)OC)NC(=O)COCCOCCOCCO[C@@H]1O[C@H](CO)[C@H](O)[C@H](O)[C@H]1NC(C)=O)OP(O)(=S)OCC1CC(C)(O)N1C(=O)COCCOCCOCCO[C@@H]1O[C@H](CO)[C@H](O)[C@H](O)[C@H]1NC(C)=O. The molecule has 3 fully saturated rings. The molecule has 3 rings (SSSR count). The first-order valence-corrected chi connectivity index (χ1v) is 29.8. The Morgan fingerprint density at radius 3 is 1.57 bits per heavy atom. The van der Waals surface area contributed by atoms with Gasteiger partial charge in [0.2, 0.25) is 17.7 Å². The zero-order valence-corrected chi connectivity index (χ0v) is 48.4. The summed E-state index contributed by atoms with van der Waals surface area (Å²) in [6, 6.07) is -3.94. The van der Waals surface area contributed by atoms with Crippen LogP contribution in [0.1, 0.15) is 53.9 Å². The molecule has 0 saturated carbocycles. The summed E-state index contributed by atoms with van der Waals surface area (Å²) < 4.78 is 88.3. The molecule has 12 N–H and O–H groups in total. The van der Waals surface area contributed by atoms with E-state index in [0.717, 1.165) is 12.0 Å². The Morgan fingerprint density at radius 2 is 1.16 bits per heavy atom. The molecule has 3 heterocycles. The molecule has 0 bridgehead atoms. The van der Waals surface area contributed by atoms with Gasteiger partial charge in [0, 0.05) is 27.4 Å². The maximum atomic E-state index is 13.2. The lowest BCUT2D eigenvalue weighted by molar-refractivity contribution is -0.272. The molecule has 0 aromatic rings. The normalized spacial score (nSPS) is 29.6. The van der Waals surface area contributed by atoms with Crippen LogP contribution in [-0.2, 0) is 101 Å². The summed E-state index contributed by atoms with van der Waals surface area (Å²) in [4.78, 5) is 71.6. The topological polar surface area (TPSA) is 436 Å². The van der Waals surface area contributed by atoms with E-state index in [2.05, 4.69) is 20.5 Å². The lowest BCUT2D eigenvalue weighted by Gasteiger charge is -2.53. The fraction of sp³-hybridized carbons (Fsp3) is 0.911. The zero-order valence-electron chi connectivity index (χ0n) is 45.8. The summed E-state index contributed by atoms with van der Waals surface area (Å²) in [6.45, 7) is 0.824. The predicted octanol–water partition coefficient (Wildman–Crippen LogP) is -4.63. The van der Waals surface area contributed by atoms with Crippen molar-refractivity contribution < 1.29 is 135 Å². The van der Waals surface area contributed by atoms with Crippen LogP contribution in [-0.4, -0.2) is 285 Å². The number of aliphatic hydroxyl groups excluding tert-OH is 6. The molecule has 16 atom stereocenters. The Bertz CT molecular complexity index is 1960. The number of aliphatic hydroxyl groups is 7. The van der Waals surface area contributed by atoms with E-state index in [0.29, 0.717) is 0 Å². The van der Waals surface area contributed by atoms with E-state index in [4.69, 9.17) is 72.7 Å². The molecular weight excluding hydrogens is 1140 g/mol. The molecule has 0 aliphatic carbocycles.